The van der Waals surface area contributed by atoms with Crippen LogP contribution in [0.3, 0.4) is 0 Å². The predicted octanol–water partition coefficient (Wildman–Crippen LogP) is 3.76. The molecule has 18 heavy (non-hydrogen) atoms. The van der Waals surface area contributed by atoms with E-state index in [0.29, 0.717) is 6.61 Å². The summed E-state index contributed by atoms with van der Waals surface area (Å²) < 4.78 is 6.29. The molecule has 2 rings (SSSR count). The molecule has 3 N–H and O–H groups in total. The first-order valence-corrected chi connectivity index (χ1v) is 6.67. The van der Waals surface area contributed by atoms with E-state index >= 15 is 0 Å². The standard InChI is InChI=1S/C14H15IN2O/c1-18-9-10-4-2-3-5-13(10)17-14-7-6-11(16)8-12(14)15/h2-8,17H,9,16H2,1H3. The van der Waals surface area contributed by atoms with Crippen LogP contribution < -0.4 is 11.1 Å². The fourth-order valence-electron chi connectivity index (χ4n) is 1.70. The molecule has 0 saturated carbocycles. The summed E-state index contributed by atoms with van der Waals surface area (Å²) in [5.74, 6) is 0. The summed E-state index contributed by atoms with van der Waals surface area (Å²) in [5, 5.41) is 3.41. The van der Waals surface area contributed by atoms with Crippen molar-refractivity contribution in [3.05, 3.63) is 51.6 Å². The van der Waals surface area contributed by atoms with Gasteiger partial charge in [0.1, 0.15) is 0 Å². The van der Waals surface area contributed by atoms with E-state index in [2.05, 4.69) is 34.0 Å². The van der Waals surface area contributed by atoms with Gasteiger partial charge in [-0.15, -0.1) is 0 Å². The Kier molecular flexibility index (Phi) is 4.43. The molecule has 2 aromatic rings. The Labute approximate surface area is 120 Å². The number of hydrogen-bond donors (Lipinski definition) is 2. The number of hydrogen-bond acceptors (Lipinski definition) is 3. The van der Waals surface area contributed by atoms with E-state index in [9.17, 15) is 0 Å². The minimum atomic E-state index is 0.592. The molecule has 3 nitrogen and oxygen atoms in total. The van der Waals surface area contributed by atoms with Crippen LogP contribution in [-0.2, 0) is 11.3 Å². The first-order chi connectivity index (χ1) is 8.70. The summed E-state index contributed by atoms with van der Waals surface area (Å²) in [6.07, 6.45) is 0. The second-order valence-electron chi connectivity index (χ2n) is 3.95. The summed E-state index contributed by atoms with van der Waals surface area (Å²) >= 11 is 2.27. The van der Waals surface area contributed by atoms with E-state index < -0.39 is 0 Å². The molecule has 0 fully saturated rings. The molecule has 0 heterocycles. The largest absolute Gasteiger partial charge is 0.399 e. The van der Waals surface area contributed by atoms with Crippen LogP contribution in [-0.4, -0.2) is 7.11 Å². The van der Waals surface area contributed by atoms with Crippen molar-refractivity contribution in [2.24, 2.45) is 0 Å². The lowest BCUT2D eigenvalue weighted by Crippen LogP contribution is -1.99. The quantitative estimate of drug-likeness (QED) is 0.649. The van der Waals surface area contributed by atoms with Crippen molar-refractivity contribution in [3.8, 4) is 0 Å². The summed E-state index contributed by atoms with van der Waals surface area (Å²) in [6, 6.07) is 13.9. The first kappa shape index (κ1) is 13.2. The van der Waals surface area contributed by atoms with E-state index in [1.54, 1.807) is 7.11 Å². The highest BCUT2D eigenvalue weighted by Gasteiger charge is 2.04. The zero-order valence-electron chi connectivity index (χ0n) is 10.1. The van der Waals surface area contributed by atoms with Crippen LogP contribution in [0.25, 0.3) is 0 Å². The molecular weight excluding hydrogens is 339 g/mol. The number of benzene rings is 2. The molecule has 0 saturated heterocycles. The molecule has 0 atom stereocenters. The Bertz CT molecular complexity index is 543. The number of anilines is 3. The van der Waals surface area contributed by atoms with Gasteiger partial charge in [-0.25, -0.2) is 0 Å². The van der Waals surface area contributed by atoms with Gasteiger partial charge in [0.25, 0.3) is 0 Å². The van der Waals surface area contributed by atoms with Gasteiger partial charge in [0, 0.05) is 27.6 Å². The van der Waals surface area contributed by atoms with Gasteiger partial charge in [-0.1, -0.05) is 18.2 Å². The number of para-hydroxylation sites is 1. The van der Waals surface area contributed by atoms with Gasteiger partial charge in [0.05, 0.1) is 12.3 Å². The molecule has 0 unspecified atom stereocenters. The molecule has 0 radical (unpaired) electrons. The third-order valence-corrected chi connectivity index (χ3v) is 3.47. The van der Waals surface area contributed by atoms with Gasteiger partial charge < -0.3 is 15.8 Å². The maximum Gasteiger partial charge on any atom is 0.0733 e. The smallest absolute Gasteiger partial charge is 0.0733 e. The Balaban J connectivity index is 2.28. The van der Waals surface area contributed by atoms with Crippen molar-refractivity contribution in [1.82, 2.24) is 0 Å². The molecule has 0 spiro atoms. The molecule has 0 aromatic heterocycles. The maximum absolute atomic E-state index is 5.75. The van der Waals surface area contributed by atoms with Crippen LogP contribution in [0.2, 0.25) is 0 Å². The van der Waals surface area contributed by atoms with Crippen molar-refractivity contribution in [1.29, 1.82) is 0 Å². The Morgan fingerprint density at radius 3 is 2.67 bits per heavy atom. The van der Waals surface area contributed by atoms with E-state index in [1.165, 1.54) is 0 Å². The molecule has 0 aliphatic rings. The molecule has 94 valence electrons. The van der Waals surface area contributed by atoms with Crippen molar-refractivity contribution in [3.63, 3.8) is 0 Å². The fourth-order valence-corrected chi connectivity index (χ4v) is 2.38. The normalized spacial score (nSPS) is 10.3. The fraction of sp³-hybridized carbons (Fsp3) is 0.143. The molecule has 0 aliphatic heterocycles. The number of halogens is 1. The SMILES string of the molecule is COCc1ccccc1Nc1ccc(N)cc1I. The van der Waals surface area contributed by atoms with Crippen molar-refractivity contribution < 1.29 is 4.74 Å². The van der Waals surface area contributed by atoms with Crippen LogP contribution in [0, 0.1) is 3.57 Å². The van der Waals surface area contributed by atoms with Crippen LogP contribution in [0.1, 0.15) is 5.56 Å². The van der Waals surface area contributed by atoms with Crippen LogP contribution >= 0.6 is 22.6 Å². The highest BCUT2D eigenvalue weighted by atomic mass is 127. The van der Waals surface area contributed by atoms with Gasteiger partial charge >= 0.3 is 0 Å². The van der Waals surface area contributed by atoms with Crippen molar-refractivity contribution in [2.75, 3.05) is 18.2 Å². The summed E-state index contributed by atoms with van der Waals surface area (Å²) in [7, 11) is 1.70. The summed E-state index contributed by atoms with van der Waals surface area (Å²) in [6.45, 7) is 0.592. The number of nitrogens with two attached hydrogens (primary N) is 1. The second kappa shape index (κ2) is 6.06. The number of nitrogen functional groups attached to an aromatic ring is 1. The molecule has 0 amide bonds. The molecule has 0 aliphatic carbocycles. The van der Waals surface area contributed by atoms with Crippen LogP contribution in [0.5, 0.6) is 0 Å². The molecular formula is C14H15IN2O. The lowest BCUT2D eigenvalue weighted by Gasteiger charge is -2.13. The third-order valence-electron chi connectivity index (χ3n) is 2.58. The lowest BCUT2D eigenvalue weighted by molar-refractivity contribution is 0.185. The second-order valence-corrected chi connectivity index (χ2v) is 5.12. The number of rotatable bonds is 4. The number of nitrogens with one attached hydrogen (secondary N) is 1. The number of methoxy groups -OCH3 is 1. The molecule has 2 aromatic carbocycles. The summed E-state index contributed by atoms with van der Waals surface area (Å²) in [4.78, 5) is 0. The minimum absolute atomic E-state index is 0.592. The van der Waals surface area contributed by atoms with Gasteiger partial charge in [-0.05, 0) is 46.9 Å². The molecule has 4 heteroatoms. The van der Waals surface area contributed by atoms with Gasteiger partial charge in [-0.3, -0.25) is 0 Å². The lowest BCUT2D eigenvalue weighted by atomic mass is 10.2. The third kappa shape index (κ3) is 3.14. The molecule has 0 bridgehead atoms. The first-order valence-electron chi connectivity index (χ1n) is 5.59. The zero-order chi connectivity index (χ0) is 13.0. The average Bonchev–Trinajstić information content (AvgIpc) is 2.35. The number of ether oxygens (including phenoxy) is 1. The Morgan fingerprint density at radius 1 is 1.17 bits per heavy atom. The van der Waals surface area contributed by atoms with Crippen molar-refractivity contribution >= 4 is 39.7 Å². The van der Waals surface area contributed by atoms with Crippen LogP contribution in [0.4, 0.5) is 17.1 Å². The minimum Gasteiger partial charge on any atom is -0.399 e. The predicted molar refractivity (Wildman–Crippen MR) is 84.0 cm³/mol. The average molecular weight is 354 g/mol. The van der Waals surface area contributed by atoms with E-state index in [1.807, 2.05) is 36.4 Å². The van der Waals surface area contributed by atoms with Gasteiger partial charge in [0.2, 0.25) is 0 Å². The zero-order valence-corrected chi connectivity index (χ0v) is 12.3. The van der Waals surface area contributed by atoms with E-state index in [0.717, 1.165) is 26.2 Å². The summed E-state index contributed by atoms with van der Waals surface area (Å²) in [5.41, 5.74) is 9.76. The van der Waals surface area contributed by atoms with E-state index in [-0.39, 0.29) is 0 Å². The van der Waals surface area contributed by atoms with Gasteiger partial charge in [0.15, 0.2) is 0 Å². The van der Waals surface area contributed by atoms with E-state index in [4.69, 9.17) is 10.5 Å². The Hall–Kier alpha value is -1.27. The Morgan fingerprint density at radius 2 is 1.94 bits per heavy atom. The maximum atomic E-state index is 5.75. The highest BCUT2D eigenvalue weighted by Crippen LogP contribution is 2.26. The van der Waals surface area contributed by atoms with Crippen LogP contribution in [0.15, 0.2) is 42.5 Å². The highest BCUT2D eigenvalue weighted by molar-refractivity contribution is 14.1. The van der Waals surface area contributed by atoms with Gasteiger partial charge in [-0.2, -0.15) is 0 Å². The monoisotopic (exact) mass is 354 g/mol. The van der Waals surface area contributed by atoms with Crippen molar-refractivity contribution in [2.45, 2.75) is 6.61 Å². The topological polar surface area (TPSA) is 47.3 Å².